The van der Waals surface area contributed by atoms with Crippen molar-refractivity contribution in [2.45, 2.75) is 38.6 Å². The third kappa shape index (κ3) is 3.27. The van der Waals surface area contributed by atoms with Crippen molar-refractivity contribution >= 4 is 11.7 Å². The summed E-state index contributed by atoms with van der Waals surface area (Å²) in [6.45, 7) is 0.476. The number of nitrogens with zero attached hydrogens (tertiary/aromatic N) is 1. The van der Waals surface area contributed by atoms with Crippen LogP contribution in [0.4, 0.5) is 5.82 Å². The summed E-state index contributed by atoms with van der Waals surface area (Å²) >= 11 is 0. The zero-order valence-corrected chi connectivity index (χ0v) is 9.98. The first-order valence-corrected chi connectivity index (χ1v) is 6.25. The fourth-order valence-electron chi connectivity index (χ4n) is 2.21. The van der Waals surface area contributed by atoms with E-state index in [-0.39, 0.29) is 11.8 Å². The van der Waals surface area contributed by atoms with Crippen molar-refractivity contribution in [1.82, 2.24) is 4.98 Å². The molecule has 1 fully saturated rings. The Morgan fingerprint density at radius 2 is 2.12 bits per heavy atom. The Labute approximate surface area is 102 Å². The van der Waals surface area contributed by atoms with Crippen LogP contribution in [0, 0.1) is 5.92 Å². The topological polar surface area (TPSA) is 68.0 Å². The molecule has 0 bridgehead atoms. The van der Waals surface area contributed by atoms with E-state index in [1.807, 2.05) is 12.1 Å². The van der Waals surface area contributed by atoms with Gasteiger partial charge in [-0.2, -0.15) is 0 Å². The Morgan fingerprint density at radius 3 is 2.71 bits per heavy atom. The summed E-state index contributed by atoms with van der Waals surface area (Å²) in [6, 6.07) is 3.70. The van der Waals surface area contributed by atoms with Gasteiger partial charge in [0.1, 0.15) is 5.82 Å². The summed E-state index contributed by atoms with van der Waals surface area (Å²) < 4.78 is 0. The van der Waals surface area contributed by atoms with E-state index in [2.05, 4.69) is 10.3 Å². The van der Waals surface area contributed by atoms with Gasteiger partial charge in [0.25, 0.3) is 0 Å². The third-order valence-electron chi connectivity index (χ3n) is 3.29. The van der Waals surface area contributed by atoms with Gasteiger partial charge in [0.2, 0.25) is 5.91 Å². The number of nitrogens with one attached hydrogen (secondary N) is 1. The highest BCUT2D eigenvalue weighted by molar-refractivity contribution is 5.91. The molecular weight excluding hydrogens is 214 g/mol. The summed E-state index contributed by atoms with van der Waals surface area (Å²) in [7, 11) is 0. The van der Waals surface area contributed by atoms with Crippen LogP contribution in [0.1, 0.15) is 37.7 Å². The maximum Gasteiger partial charge on any atom is 0.228 e. The Kier molecular flexibility index (Phi) is 4.09. The van der Waals surface area contributed by atoms with Gasteiger partial charge in [0.05, 0.1) is 0 Å². The predicted octanol–water partition coefficient (Wildman–Crippen LogP) is 2.06. The molecule has 1 saturated carbocycles. The molecule has 4 nitrogen and oxygen atoms in total. The molecule has 0 unspecified atom stereocenters. The van der Waals surface area contributed by atoms with Gasteiger partial charge >= 0.3 is 0 Å². The molecule has 1 aromatic rings. The number of rotatable bonds is 3. The highest BCUT2D eigenvalue weighted by atomic mass is 16.1. The van der Waals surface area contributed by atoms with Gasteiger partial charge in [-0.3, -0.25) is 4.79 Å². The number of anilines is 1. The molecule has 0 aromatic carbocycles. The van der Waals surface area contributed by atoms with Crippen molar-refractivity contribution in [3.8, 4) is 0 Å². The summed E-state index contributed by atoms with van der Waals surface area (Å²) in [5.74, 6) is 0.898. The van der Waals surface area contributed by atoms with Crippen LogP contribution >= 0.6 is 0 Å². The van der Waals surface area contributed by atoms with Gasteiger partial charge in [0.15, 0.2) is 0 Å². The molecule has 0 spiro atoms. The minimum absolute atomic E-state index is 0.109. The first-order valence-electron chi connectivity index (χ1n) is 6.25. The Morgan fingerprint density at radius 1 is 1.35 bits per heavy atom. The summed E-state index contributed by atoms with van der Waals surface area (Å²) in [6.07, 6.45) is 7.30. The molecule has 4 heteroatoms. The van der Waals surface area contributed by atoms with Gasteiger partial charge < -0.3 is 11.1 Å². The van der Waals surface area contributed by atoms with E-state index in [9.17, 15) is 4.79 Å². The fourth-order valence-corrected chi connectivity index (χ4v) is 2.21. The summed E-state index contributed by atoms with van der Waals surface area (Å²) in [5, 5.41) is 2.87. The van der Waals surface area contributed by atoms with Crippen molar-refractivity contribution < 1.29 is 4.79 Å². The van der Waals surface area contributed by atoms with E-state index in [4.69, 9.17) is 5.73 Å². The molecule has 17 heavy (non-hydrogen) atoms. The van der Waals surface area contributed by atoms with Crippen LogP contribution < -0.4 is 11.1 Å². The molecule has 0 saturated heterocycles. The lowest BCUT2D eigenvalue weighted by molar-refractivity contribution is -0.120. The SMILES string of the molecule is NCc1ccc(NC(=O)C2CCCCC2)nc1. The molecule has 2 rings (SSSR count). The van der Waals surface area contributed by atoms with Crippen molar-refractivity contribution in [1.29, 1.82) is 0 Å². The number of nitrogens with two attached hydrogens (primary N) is 1. The second-order valence-corrected chi connectivity index (χ2v) is 4.58. The van der Waals surface area contributed by atoms with E-state index in [1.165, 1.54) is 6.42 Å². The van der Waals surface area contributed by atoms with Crippen LogP contribution in [-0.2, 0) is 11.3 Å². The molecule has 0 aliphatic heterocycles. The highest BCUT2D eigenvalue weighted by Crippen LogP contribution is 2.24. The number of carbonyl (C=O) groups excluding carboxylic acids is 1. The van der Waals surface area contributed by atoms with Gasteiger partial charge in [-0.05, 0) is 24.5 Å². The van der Waals surface area contributed by atoms with E-state index in [1.54, 1.807) is 6.20 Å². The molecule has 1 amide bonds. The first kappa shape index (κ1) is 12.0. The molecule has 0 radical (unpaired) electrons. The number of carbonyl (C=O) groups is 1. The van der Waals surface area contributed by atoms with E-state index in [0.29, 0.717) is 12.4 Å². The zero-order chi connectivity index (χ0) is 12.1. The molecular formula is C13H19N3O. The molecule has 1 aliphatic rings. The second-order valence-electron chi connectivity index (χ2n) is 4.58. The number of amides is 1. The van der Waals surface area contributed by atoms with Gasteiger partial charge in [0, 0.05) is 18.7 Å². The highest BCUT2D eigenvalue weighted by Gasteiger charge is 2.21. The maximum absolute atomic E-state index is 11.9. The van der Waals surface area contributed by atoms with E-state index < -0.39 is 0 Å². The van der Waals surface area contributed by atoms with Crippen LogP contribution in [0.3, 0.4) is 0 Å². The fraction of sp³-hybridized carbons (Fsp3) is 0.538. The monoisotopic (exact) mass is 233 g/mol. The number of pyridine rings is 1. The number of hydrogen-bond donors (Lipinski definition) is 2. The lowest BCUT2D eigenvalue weighted by atomic mass is 9.89. The van der Waals surface area contributed by atoms with Crippen molar-refractivity contribution in [2.24, 2.45) is 11.7 Å². The normalized spacial score (nSPS) is 16.8. The van der Waals surface area contributed by atoms with Crippen LogP contribution in [0.2, 0.25) is 0 Å². The molecule has 1 aliphatic carbocycles. The van der Waals surface area contributed by atoms with E-state index in [0.717, 1.165) is 31.2 Å². The van der Waals surface area contributed by atoms with Gasteiger partial charge in [-0.1, -0.05) is 25.3 Å². The van der Waals surface area contributed by atoms with Gasteiger partial charge in [-0.25, -0.2) is 4.98 Å². The summed E-state index contributed by atoms with van der Waals surface area (Å²) in [4.78, 5) is 16.1. The second kappa shape index (κ2) is 5.77. The molecule has 92 valence electrons. The van der Waals surface area contributed by atoms with Crippen molar-refractivity contribution in [2.75, 3.05) is 5.32 Å². The largest absolute Gasteiger partial charge is 0.326 e. The smallest absolute Gasteiger partial charge is 0.228 e. The maximum atomic E-state index is 11.9. The van der Waals surface area contributed by atoms with Crippen LogP contribution in [0.25, 0.3) is 0 Å². The Hall–Kier alpha value is -1.42. The number of hydrogen-bond acceptors (Lipinski definition) is 3. The standard InChI is InChI=1S/C13H19N3O/c14-8-10-6-7-12(15-9-10)16-13(17)11-4-2-1-3-5-11/h6-7,9,11H,1-5,8,14H2,(H,15,16,17). The molecule has 1 heterocycles. The lowest BCUT2D eigenvalue weighted by Gasteiger charge is -2.20. The molecule has 0 atom stereocenters. The molecule has 1 aromatic heterocycles. The third-order valence-corrected chi connectivity index (χ3v) is 3.29. The average molecular weight is 233 g/mol. The van der Waals surface area contributed by atoms with Gasteiger partial charge in [-0.15, -0.1) is 0 Å². The van der Waals surface area contributed by atoms with Crippen molar-refractivity contribution in [3.05, 3.63) is 23.9 Å². The minimum atomic E-state index is 0.109. The van der Waals surface area contributed by atoms with Crippen LogP contribution in [0.15, 0.2) is 18.3 Å². The average Bonchev–Trinajstić information content (AvgIpc) is 2.40. The van der Waals surface area contributed by atoms with Crippen LogP contribution in [-0.4, -0.2) is 10.9 Å². The minimum Gasteiger partial charge on any atom is -0.326 e. The molecule has 3 N–H and O–H groups in total. The summed E-state index contributed by atoms with van der Waals surface area (Å²) in [5.41, 5.74) is 6.46. The van der Waals surface area contributed by atoms with Crippen LogP contribution in [0.5, 0.6) is 0 Å². The first-order chi connectivity index (χ1) is 8.29. The number of aromatic nitrogens is 1. The van der Waals surface area contributed by atoms with Crippen molar-refractivity contribution in [3.63, 3.8) is 0 Å². The Bertz CT molecular complexity index is 369. The Balaban J connectivity index is 1.92. The quantitative estimate of drug-likeness (QED) is 0.839. The lowest BCUT2D eigenvalue weighted by Crippen LogP contribution is -2.25. The van der Waals surface area contributed by atoms with E-state index >= 15 is 0 Å². The predicted molar refractivity (Wildman–Crippen MR) is 67.3 cm³/mol. The zero-order valence-electron chi connectivity index (χ0n) is 9.98.